The standard InChI is InChI=1S/C19H21N3O/c1-14-12-22(18-7-5-4-6-17(14)18)13-19(23)21(3)15(2)16-8-10-20-11-9-16/h4-12,15H,13H2,1-3H3/t15-/m0/s1. The van der Waals surface area contributed by atoms with Crippen molar-refractivity contribution >= 4 is 16.8 Å². The van der Waals surface area contributed by atoms with Crippen LogP contribution in [0, 0.1) is 6.92 Å². The van der Waals surface area contributed by atoms with Crippen molar-refractivity contribution < 1.29 is 4.79 Å². The van der Waals surface area contributed by atoms with Gasteiger partial charge in [-0.2, -0.15) is 0 Å². The van der Waals surface area contributed by atoms with E-state index in [0.29, 0.717) is 6.54 Å². The molecule has 3 rings (SSSR count). The second kappa shape index (κ2) is 6.24. The van der Waals surface area contributed by atoms with E-state index in [1.54, 1.807) is 17.3 Å². The highest BCUT2D eigenvalue weighted by Gasteiger charge is 2.18. The number of rotatable bonds is 4. The average molecular weight is 307 g/mol. The van der Waals surface area contributed by atoms with Gasteiger partial charge >= 0.3 is 0 Å². The molecule has 4 nitrogen and oxygen atoms in total. The fourth-order valence-corrected chi connectivity index (χ4v) is 2.90. The van der Waals surface area contributed by atoms with Crippen LogP contribution in [0.15, 0.2) is 55.0 Å². The normalized spacial score (nSPS) is 12.3. The molecular weight excluding hydrogens is 286 g/mol. The molecule has 1 atom stereocenters. The van der Waals surface area contributed by atoms with Crippen molar-refractivity contribution in [3.8, 4) is 0 Å². The van der Waals surface area contributed by atoms with Gasteiger partial charge in [0, 0.05) is 36.5 Å². The first-order valence-corrected chi connectivity index (χ1v) is 7.78. The fourth-order valence-electron chi connectivity index (χ4n) is 2.90. The van der Waals surface area contributed by atoms with Crippen LogP contribution in [-0.2, 0) is 11.3 Å². The highest BCUT2D eigenvalue weighted by Crippen LogP contribution is 2.22. The zero-order chi connectivity index (χ0) is 16.4. The lowest BCUT2D eigenvalue weighted by Crippen LogP contribution is -2.32. The van der Waals surface area contributed by atoms with Crippen molar-refractivity contribution in [2.75, 3.05) is 7.05 Å². The Hall–Kier alpha value is -2.62. The largest absolute Gasteiger partial charge is 0.338 e. The number of likely N-dealkylation sites (N-methyl/N-ethyl adjacent to an activating group) is 1. The minimum Gasteiger partial charge on any atom is -0.338 e. The van der Waals surface area contributed by atoms with Gasteiger partial charge in [0.15, 0.2) is 0 Å². The van der Waals surface area contributed by atoms with E-state index in [9.17, 15) is 4.79 Å². The molecule has 2 heterocycles. The maximum absolute atomic E-state index is 12.7. The smallest absolute Gasteiger partial charge is 0.242 e. The molecule has 0 unspecified atom stereocenters. The Morgan fingerprint density at radius 3 is 2.65 bits per heavy atom. The summed E-state index contributed by atoms with van der Waals surface area (Å²) in [4.78, 5) is 18.5. The molecule has 118 valence electrons. The van der Waals surface area contributed by atoms with Crippen LogP contribution in [0.25, 0.3) is 10.9 Å². The monoisotopic (exact) mass is 307 g/mol. The van der Waals surface area contributed by atoms with Gasteiger partial charge in [-0.25, -0.2) is 0 Å². The van der Waals surface area contributed by atoms with Gasteiger partial charge in [0.05, 0.1) is 6.04 Å². The number of aryl methyl sites for hydroxylation is 1. The maximum Gasteiger partial charge on any atom is 0.242 e. The lowest BCUT2D eigenvalue weighted by atomic mass is 10.1. The van der Waals surface area contributed by atoms with E-state index in [4.69, 9.17) is 0 Å². The number of pyridine rings is 1. The van der Waals surface area contributed by atoms with E-state index in [-0.39, 0.29) is 11.9 Å². The first-order valence-electron chi connectivity index (χ1n) is 7.78. The molecule has 23 heavy (non-hydrogen) atoms. The highest BCUT2D eigenvalue weighted by molar-refractivity contribution is 5.86. The third-order valence-electron chi connectivity index (χ3n) is 4.46. The minimum atomic E-state index is 0.0217. The predicted molar refractivity (Wildman–Crippen MR) is 92.1 cm³/mol. The topological polar surface area (TPSA) is 38.1 Å². The summed E-state index contributed by atoms with van der Waals surface area (Å²) in [5, 5.41) is 1.20. The van der Waals surface area contributed by atoms with E-state index in [1.165, 1.54) is 10.9 Å². The van der Waals surface area contributed by atoms with Crippen molar-refractivity contribution in [3.63, 3.8) is 0 Å². The van der Waals surface area contributed by atoms with Crippen molar-refractivity contribution in [2.45, 2.75) is 26.4 Å². The molecule has 0 N–H and O–H groups in total. The first-order chi connectivity index (χ1) is 11.1. The van der Waals surface area contributed by atoms with Crippen LogP contribution >= 0.6 is 0 Å². The quantitative estimate of drug-likeness (QED) is 0.739. The van der Waals surface area contributed by atoms with E-state index in [0.717, 1.165) is 11.1 Å². The van der Waals surface area contributed by atoms with Gasteiger partial charge in [0.2, 0.25) is 5.91 Å². The molecule has 0 saturated carbocycles. The van der Waals surface area contributed by atoms with Crippen LogP contribution in [0.3, 0.4) is 0 Å². The Labute approximate surface area is 136 Å². The molecule has 0 saturated heterocycles. The summed E-state index contributed by atoms with van der Waals surface area (Å²) in [6.45, 7) is 4.46. The molecule has 1 aromatic carbocycles. The van der Waals surface area contributed by atoms with Gasteiger partial charge in [-0.1, -0.05) is 18.2 Å². The van der Waals surface area contributed by atoms with Crippen molar-refractivity contribution in [2.24, 2.45) is 0 Å². The summed E-state index contributed by atoms with van der Waals surface area (Å²) in [7, 11) is 1.85. The Morgan fingerprint density at radius 1 is 1.22 bits per heavy atom. The molecule has 0 bridgehead atoms. The number of amides is 1. The number of carbonyl (C=O) groups excluding carboxylic acids is 1. The highest BCUT2D eigenvalue weighted by atomic mass is 16.2. The molecular formula is C19H21N3O. The van der Waals surface area contributed by atoms with Gasteiger partial charge in [0.1, 0.15) is 6.54 Å². The summed E-state index contributed by atoms with van der Waals surface area (Å²) in [6.07, 6.45) is 5.56. The third kappa shape index (κ3) is 2.97. The molecule has 1 amide bonds. The van der Waals surface area contributed by atoms with Crippen LogP contribution < -0.4 is 0 Å². The predicted octanol–water partition coefficient (Wildman–Crippen LogP) is 3.56. The summed E-state index contributed by atoms with van der Waals surface area (Å²) in [6, 6.07) is 12.1. The average Bonchev–Trinajstić information content (AvgIpc) is 2.90. The second-order valence-electron chi connectivity index (χ2n) is 5.92. The first kappa shape index (κ1) is 15.3. The number of fused-ring (bicyclic) bond motifs is 1. The van der Waals surface area contributed by atoms with Crippen molar-refractivity contribution in [1.29, 1.82) is 0 Å². The number of aromatic nitrogens is 2. The van der Waals surface area contributed by atoms with Crippen molar-refractivity contribution in [3.05, 3.63) is 66.1 Å². The summed E-state index contributed by atoms with van der Waals surface area (Å²) < 4.78 is 2.03. The zero-order valence-corrected chi connectivity index (χ0v) is 13.7. The molecule has 2 aromatic heterocycles. The van der Waals surface area contributed by atoms with Gasteiger partial charge in [0.25, 0.3) is 0 Å². The van der Waals surface area contributed by atoms with Crippen molar-refractivity contribution in [1.82, 2.24) is 14.5 Å². The second-order valence-corrected chi connectivity index (χ2v) is 5.92. The van der Waals surface area contributed by atoms with Crippen LogP contribution in [0.5, 0.6) is 0 Å². The van der Waals surface area contributed by atoms with Crippen LogP contribution in [0.4, 0.5) is 0 Å². The maximum atomic E-state index is 12.7. The summed E-state index contributed by atoms with van der Waals surface area (Å²) in [5.74, 6) is 0.0927. The summed E-state index contributed by atoms with van der Waals surface area (Å²) in [5.41, 5.74) is 3.38. The molecule has 0 fully saturated rings. The van der Waals surface area contributed by atoms with Crippen LogP contribution in [0.1, 0.15) is 24.1 Å². The SMILES string of the molecule is Cc1cn(CC(=O)N(C)[C@@H](C)c2ccncc2)c2ccccc12. The third-order valence-corrected chi connectivity index (χ3v) is 4.46. The molecule has 0 aliphatic carbocycles. The van der Waals surface area contributed by atoms with Gasteiger partial charge in [-0.15, -0.1) is 0 Å². The van der Waals surface area contributed by atoms with Gasteiger partial charge in [-0.05, 0) is 43.2 Å². The van der Waals surface area contributed by atoms with Crippen LogP contribution in [-0.4, -0.2) is 27.4 Å². The van der Waals surface area contributed by atoms with Gasteiger partial charge in [-0.3, -0.25) is 9.78 Å². The number of hydrogen-bond donors (Lipinski definition) is 0. The zero-order valence-electron chi connectivity index (χ0n) is 13.7. The lowest BCUT2D eigenvalue weighted by molar-refractivity contribution is -0.132. The van der Waals surface area contributed by atoms with E-state index in [2.05, 4.69) is 24.0 Å². The molecule has 0 aliphatic heterocycles. The van der Waals surface area contributed by atoms with E-state index in [1.807, 2.05) is 49.0 Å². The molecule has 3 aromatic rings. The minimum absolute atomic E-state index is 0.0217. The number of hydrogen-bond acceptors (Lipinski definition) is 2. The summed E-state index contributed by atoms with van der Waals surface area (Å²) >= 11 is 0. The Bertz CT molecular complexity index is 823. The lowest BCUT2D eigenvalue weighted by Gasteiger charge is -2.25. The number of para-hydroxylation sites is 1. The fraction of sp³-hybridized carbons (Fsp3) is 0.263. The van der Waals surface area contributed by atoms with E-state index < -0.39 is 0 Å². The number of nitrogens with zero attached hydrogens (tertiary/aromatic N) is 3. The number of carbonyl (C=O) groups is 1. The Morgan fingerprint density at radius 2 is 1.91 bits per heavy atom. The number of benzene rings is 1. The van der Waals surface area contributed by atoms with Gasteiger partial charge < -0.3 is 9.47 Å². The van der Waals surface area contributed by atoms with E-state index >= 15 is 0 Å². The molecule has 0 spiro atoms. The molecule has 0 aliphatic rings. The van der Waals surface area contributed by atoms with Crippen LogP contribution in [0.2, 0.25) is 0 Å². The Balaban J connectivity index is 1.80. The Kier molecular flexibility index (Phi) is 4.15. The molecule has 0 radical (unpaired) electrons. The molecule has 4 heteroatoms.